The highest BCUT2D eigenvalue weighted by Crippen LogP contribution is 2.49. The molecule has 0 aliphatic heterocycles. The summed E-state index contributed by atoms with van der Waals surface area (Å²) in [6.45, 7) is 0. The van der Waals surface area contributed by atoms with Crippen LogP contribution in [0.5, 0.6) is 5.75 Å². The summed E-state index contributed by atoms with van der Waals surface area (Å²) in [5, 5.41) is 4.44. The van der Waals surface area contributed by atoms with Gasteiger partial charge in [0.05, 0.1) is 25.7 Å². The van der Waals surface area contributed by atoms with Crippen molar-refractivity contribution >= 4 is 21.6 Å². The Labute approximate surface area is 144 Å². The van der Waals surface area contributed by atoms with Crippen LogP contribution in [0.1, 0.15) is 24.5 Å². The van der Waals surface area contributed by atoms with E-state index in [0.29, 0.717) is 33.1 Å². The minimum atomic E-state index is -2.61. The van der Waals surface area contributed by atoms with Crippen LogP contribution in [0.25, 0.3) is 17.0 Å². The van der Waals surface area contributed by atoms with E-state index in [4.69, 9.17) is 4.74 Å². The zero-order chi connectivity index (χ0) is 16.9. The summed E-state index contributed by atoms with van der Waals surface area (Å²) >= 11 is 3.27. The Hall–Kier alpha value is -2.16. The predicted octanol–water partition coefficient (Wildman–Crippen LogP) is 3.47. The van der Waals surface area contributed by atoms with E-state index in [1.807, 2.05) is 0 Å². The quantitative estimate of drug-likeness (QED) is 0.679. The van der Waals surface area contributed by atoms with Crippen molar-refractivity contribution < 1.29 is 13.5 Å². The standard InChI is InChI=1S/C15H12BrF2N5O/c1-24-11-2-13-21-10(9-5-19-6-12(16)20-9)7-23(13)22-14(11)8-3-15(17,18)4-8/h2,5-8H,3-4H2,1H3. The van der Waals surface area contributed by atoms with Crippen LogP contribution < -0.4 is 4.74 Å². The second kappa shape index (κ2) is 5.44. The first kappa shape index (κ1) is 15.4. The summed E-state index contributed by atoms with van der Waals surface area (Å²) in [6, 6.07) is 1.70. The van der Waals surface area contributed by atoms with E-state index in [0.717, 1.165) is 0 Å². The van der Waals surface area contributed by atoms with E-state index in [9.17, 15) is 8.78 Å². The number of alkyl halides is 2. The van der Waals surface area contributed by atoms with Gasteiger partial charge >= 0.3 is 0 Å². The van der Waals surface area contributed by atoms with Crippen molar-refractivity contribution in [1.82, 2.24) is 24.6 Å². The Balaban J connectivity index is 1.77. The van der Waals surface area contributed by atoms with E-state index in [1.165, 1.54) is 7.11 Å². The van der Waals surface area contributed by atoms with Crippen LogP contribution in [0.2, 0.25) is 0 Å². The van der Waals surface area contributed by atoms with Crippen LogP contribution in [0.3, 0.4) is 0 Å². The van der Waals surface area contributed by atoms with Crippen molar-refractivity contribution in [3.05, 3.63) is 35.0 Å². The lowest BCUT2D eigenvalue weighted by atomic mass is 9.79. The molecule has 1 fully saturated rings. The van der Waals surface area contributed by atoms with Gasteiger partial charge in [-0.15, -0.1) is 0 Å². The van der Waals surface area contributed by atoms with Crippen molar-refractivity contribution in [2.75, 3.05) is 7.11 Å². The van der Waals surface area contributed by atoms with Crippen LogP contribution in [-0.2, 0) is 0 Å². The van der Waals surface area contributed by atoms with Crippen LogP contribution in [0.4, 0.5) is 8.78 Å². The summed E-state index contributed by atoms with van der Waals surface area (Å²) in [5.41, 5.74) is 2.26. The zero-order valence-electron chi connectivity index (χ0n) is 12.6. The zero-order valence-corrected chi connectivity index (χ0v) is 14.2. The number of nitrogens with zero attached hydrogens (tertiary/aromatic N) is 5. The number of halogens is 3. The first-order valence-electron chi connectivity index (χ1n) is 7.25. The van der Waals surface area contributed by atoms with Gasteiger partial charge in [-0.2, -0.15) is 5.10 Å². The lowest BCUT2D eigenvalue weighted by Gasteiger charge is -2.34. The molecule has 9 heteroatoms. The Morgan fingerprint density at radius 3 is 2.71 bits per heavy atom. The molecule has 1 aliphatic carbocycles. The molecule has 0 unspecified atom stereocenters. The second-order valence-electron chi connectivity index (χ2n) is 5.72. The smallest absolute Gasteiger partial charge is 0.249 e. The highest BCUT2D eigenvalue weighted by atomic mass is 79.9. The number of imidazole rings is 1. The molecule has 0 aromatic carbocycles. The van der Waals surface area contributed by atoms with Gasteiger partial charge in [0, 0.05) is 24.8 Å². The first-order chi connectivity index (χ1) is 11.4. The first-order valence-corrected chi connectivity index (χ1v) is 8.04. The molecule has 0 amide bonds. The van der Waals surface area contributed by atoms with Crippen molar-refractivity contribution in [1.29, 1.82) is 0 Å². The van der Waals surface area contributed by atoms with Gasteiger partial charge in [0.25, 0.3) is 0 Å². The topological polar surface area (TPSA) is 65.2 Å². The van der Waals surface area contributed by atoms with E-state index in [-0.39, 0.29) is 18.8 Å². The number of aromatic nitrogens is 5. The molecule has 0 atom stereocenters. The Kier molecular flexibility index (Phi) is 3.48. The third-order valence-corrected chi connectivity index (χ3v) is 4.39. The monoisotopic (exact) mass is 395 g/mol. The van der Waals surface area contributed by atoms with E-state index in [1.54, 1.807) is 29.2 Å². The number of hydrogen-bond donors (Lipinski definition) is 0. The summed E-state index contributed by atoms with van der Waals surface area (Å²) in [6.07, 6.45) is 4.46. The number of rotatable bonds is 3. The normalized spacial score (nSPS) is 17.0. The van der Waals surface area contributed by atoms with Crippen LogP contribution >= 0.6 is 15.9 Å². The fourth-order valence-corrected chi connectivity index (χ4v) is 3.12. The third kappa shape index (κ3) is 2.62. The SMILES string of the molecule is COc1cc2nc(-c3cncc(Br)n3)cn2nc1C1CC(F)(F)C1. The lowest BCUT2D eigenvalue weighted by Crippen LogP contribution is -2.34. The highest BCUT2D eigenvalue weighted by molar-refractivity contribution is 9.10. The van der Waals surface area contributed by atoms with E-state index >= 15 is 0 Å². The molecule has 3 aromatic rings. The van der Waals surface area contributed by atoms with Crippen LogP contribution in [0, 0.1) is 0 Å². The minimum absolute atomic E-state index is 0.208. The Morgan fingerprint density at radius 2 is 2.04 bits per heavy atom. The second-order valence-corrected chi connectivity index (χ2v) is 6.53. The maximum absolute atomic E-state index is 13.2. The van der Waals surface area contributed by atoms with Gasteiger partial charge in [-0.25, -0.2) is 23.3 Å². The highest BCUT2D eigenvalue weighted by Gasteiger charge is 2.47. The van der Waals surface area contributed by atoms with Gasteiger partial charge in [-0.3, -0.25) is 4.98 Å². The Bertz CT molecular complexity index is 921. The third-order valence-electron chi connectivity index (χ3n) is 4.01. The molecule has 6 nitrogen and oxygen atoms in total. The van der Waals surface area contributed by atoms with Crippen molar-refractivity contribution in [3.63, 3.8) is 0 Å². The van der Waals surface area contributed by atoms with Crippen LogP contribution in [-0.4, -0.2) is 37.6 Å². The Morgan fingerprint density at radius 1 is 1.25 bits per heavy atom. The summed E-state index contributed by atoms with van der Waals surface area (Å²) in [5.74, 6) is -2.45. The van der Waals surface area contributed by atoms with Gasteiger partial charge in [0.1, 0.15) is 27.4 Å². The molecule has 124 valence electrons. The number of fused-ring (bicyclic) bond motifs is 1. The lowest BCUT2D eigenvalue weighted by molar-refractivity contribution is -0.0881. The van der Waals surface area contributed by atoms with Gasteiger partial charge in [-0.1, -0.05) is 0 Å². The average molecular weight is 396 g/mol. The molecular weight excluding hydrogens is 384 g/mol. The molecule has 1 aliphatic rings. The largest absolute Gasteiger partial charge is 0.495 e. The van der Waals surface area contributed by atoms with Crippen LogP contribution in [0.15, 0.2) is 29.3 Å². The summed E-state index contributed by atoms with van der Waals surface area (Å²) < 4.78 is 33.8. The van der Waals surface area contributed by atoms with E-state index in [2.05, 4.69) is 36.0 Å². The van der Waals surface area contributed by atoms with Gasteiger partial charge in [-0.05, 0) is 15.9 Å². The summed E-state index contributed by atoms with van der Waals surface area (Å²) in [7, 11) is 1.50. The molecule has 0 spiro atoms. The molecule has 24 heavy (non-hydrogen) atoms. The maximum atomic E-state index is 13.2. The fraction of sp³-hybridized carbons (Fsp3) is 0.333. The summed E-state index contributed by atoms with van der Waals surface area (Å²) in [4.78, 5) is 12.8. The van der Waals surface area contributed by atoms with Gasteiger partial charge in [0.2, 0.25) is 5.92 Å². The minimum Gasteiger partial charge on any atom is -0.495 e. The number of ether oxygens (including phenoxy) is 1. The molecule has 0 bridgehead atoms. The molecule has 4 rings (SSSR count). The maximum Gasteiger partial charge on any atom is 0.249 e. The van der Waals surface area contributed by atoms with Crippen molar-refractivity contribution in [2.45, 2.75) is 24.7 Å². The molecule has 0 radical (unpaired) electrons. The molecule has 0 saturated heterocycles. The molecule has 0 N–H and O–H groups in total. The van der Waals surface area contributed by atoms with Crippen molar-refractivity contribution in [2.24, 2.45) is 0 Å². The predicted molar refractivity (Wildman–Crippen MR) is 85.2 cm³/mol. The number of hydrogen-bond acceptors (Lipinski definition) is 5. The van der Waals surface area contributed by atoms with Gasteiger partial charge in [0.15, 0.2) is 5.65 Å². The number of methoxy groups -OCH3 is 1. The molecule has 1 saturated carbocycles. The molecule has 3 aromatic heterocycles. The molecule has 3 heterocycles. The average Bonchev–Trinajstić information content (AvgIpc) is 2.94. The van der Waals surface area contributed by atoms with Crippen molar-refractivity contribution in [3.8, 4) is 17.1 Å². The van der Waals surface area contributed by atoms with E-state index < -0.39 is 5.92 Å². The van der Waals surface area contributed by atoms with Gasteiger partial charge < -0.3 is 4.74 Å². The molecular formula is C15H12BrF2N5O. The fourth-order valence-electron chi connectivity index (χ4n) is 2.81.